The fraction of sp³-hybridized carbons (Fsp3) is 0.750. The summed E-state index contributed by atoms with van der Waals surface area (Å²) in [6.45, 7) is 5.05. The second-order valence-corrected chi connectivity index (χ2v) is 4.33. The van der Waals surface area contributed by atoms with Gasteiger partial charge in [-0.25, -0.2) is 0 Å². The van der Waals surface area contributed by atoms with E-state index in [1.165, 1.54) is 0 Å². The number of carbonyl (C=O) groups excluding carboxylic acids is 1. The molecule has 0 bridgehead atoms. The van der Waals surface area contributed by atoms with E-state index in [9.17, 15) is 4.79 Å². The molecule has 14 heavy (non-hydrogen) atoms. The van der Waals surface area contributed by atoms with Crippen LogP contribution in [0.5, 0.6) is 0 Å². The van der Waals surface area contributed by atoms with Gasteiger partial charge in [-0.1, -0.05) is 26.0 Å². The Hall–Kier alpha value is -0.630. The third kappa shape index (κ3) is 5.92. The Kier molecular flexibility index (Phi) is 4.88. The minimum Gasteiger partial charge on any atom is -0.369 e. The number of hydrogen-bond acceptors (Lipinski definition) is 2. The summed E-state index contributed by atoms with van der Waals surface area (Å²) in [4.78, 5) is 11.3. The molecular formula is C12H20O2. The molecule has 1 aliphatic heterocycles. The first-order chi connectivity index (χ1) is 6.68. The second kappa shape index (κ2) is 5.97. The van der Waals surface area contributed by atoms with Gasteiger partial charge in [0.05, 0.1) is 12.7 Å². The standard InChI is InChI=1S/C12H20O2/c1-10(2)8-11(13)6-4-3-5-7-12-9-14-12/h5,7,10,12H,3-4,6,8-9H2,1-2H3/b7-5-/t12-/m0/s1. The quantitative estimate of drug-likeness (QED) is 0.356. The maximum absolute atomic E-state index is 11.3. The van der Waals surface area contributed by atoms with Crippen LogP contribution in [-0.4, -0.2) is 18.5 Å². The summed E-state index contributed by atoms with van der Waals surface area (Å²) >= 11 is 0. The highest BCUT2D eigenvalue weighted by molar-refractivity contribution is 5.78. The summed E-state index contributed by atoms with van der Waals surface area (Å²) in [7, 11) is 0. The van der Waals surface area contributed by atoms with Gasteiger partial charge < -0.3 is 4.74 Å². The highest BCUT2D eigenvalue weighted by Gasteiger charge is 2.17. The minimum atomic E-state index is 0.376. The third-order valence-electron chi connectivity index (χ3n) is 2.17. The molecule has 0 aromatic heterocycles. The van der Waals surface area contributed by atoms with Crippen LogP contribution in [0.3, 0.4) is 0 Å². The average Bonchev–Trinajstić information content (AvgIpc) is 2.86. The number of epoxide rings is 1. The lowest BCUT2D eigenvalue weighted by Gasteiger charge is -2.01. The Balaban J connectivity index is 1.94. The molecule has 80 valence electrons. The number of ketones is 1. The summed E-state index contributed by atoms with van der Waals surface area (Å²) < 4.78 is 5.04. The number of unbranched alkanes of at least 4 members (excludes halogenated alkanes) is 1. The molecule has 0 spiro atoms. The van der Waals surface area contributed by atoms with Crippen LogP contribution in [-0.2, 0) is 9.53 Å². The van der Waals surface area contributed by atoms with Gasteiger partial charge in [-0.3, -0.25) is 4.79 Å². The van der Waals surface area contributed by atoms with Crippen molar-refractivity contribution in [1.82, 2.24) is 0 Å². The van der Waals surface area contributed by atoms with E-state index in [0.717, 1.165) is 32.3 Å². The highest BCUT2D eigenvalue weighted by atomic mass is 16.6. The van der Waals surface area contributed by atoms with Crippen molar-refractivity contribution in [3.63, 3.8) is 0 Å². The van der Waals surface area contributed by atoms with Crippen molar-refractivity contribution in [2.45, 2.75) is 45.6 Å². The van der Waals surface area contributed by atoms with E-state index in [-0.39, 0.29) is 0 Å². The van der Waals surface area contributed by atoms with E-state index in [2.05, 4.69) is 26.0 Å². The van der Waals surface area contributed by atoms with E-state index >= 15 is 0 Å². The monoisotopic (exact) mass is 196 g/mol. The molecule has 0 amide bonds. The zero-order chi connectivity index (χ0) is 10.4. The summed E-state index contributed by atoms with van der Waals surface area (Å²) in [5, 5.41) is 0. The van der Waals surface area contributed by atoms with Crippen molar-refractivity contribution < 1.29 is 9.53 Å². The number of ether oxygens (including phenoxy) is 1. The molecule has 0 unspecified atom stereocenters. The maximum Gasteiger partial charge on any atom is 0.133 e. The lowest BCUT2D eigenvalue weighted by Crippen LogP contribution is -2.01. The molecular weight excluding hydrogens is 176 g/mol. The van der Waals surface area contributed by atoms with Gasteiger partial charge in [-0.05, 0) is 18.8 Å². The fourth-order valence-corrected chi connectivity index (χ4v) is 1.39. The molecule has 0 saturated carbocycles. The van der Waals surface area contributed by atoms with Crippen LogP contribution >= 0.6 is 0 Å². The van der Waals surface area contributed by atoms with Crippen molar-refractivity contribution >= 4 is 5.78 Å². The van der Waals surface area contributed by atoms with Crippen LogP contribution in [0.25, 0.3) is 0 Å². The predicted molar refractivity (Wildman–Crippen MR) is 57.2 cm³/mol. The van der Waals surface area contributed by atoms with E-state index < -0.39 is 0 Å². The molecule has 0 radical (unpaired) electrons. The third-order valence-corrected chi connectivity index (χ3v) is 2.17. The van der Waals surface area contributed by atoms with Crippen molar-refractivity contribution in [3.8, 4) is 0 Å². The number of rotatable bonds is 7. The summed E-state index contributed by atoms with van der Waals surface area (Å²) in [5.74, 6) is 0.897. The van der Waals surface area contributed by atoms with Crippen molar-refractivity contribution in [2.75, 3.05) is 6.61 Å². The Morgan fingerprint density at radius 3 is 2.86 bits per heavy atom. The normalized spacial score (nSPS) is 20.6. The highest BCUT2D eigenvalue weighted by Crippen LogP contribution is 2.11. The van der Waals surface area contributed by atoms with Crippen LogP contribution in [0.2, 0.25) is 0 Å². The molecule has 1 aliphatic rings. The molecule has 1 saturated heterocycles. The summed E-state index contributed by atoms with van der Waals surface area (Å²) in [6.07, 6.45) is 8.04. The van der Waals surface area contributed by atoms with Gasteiger partial charge in [0, 0.05) is 12.8 Å². The van der Waals surface area contributed by atoms with Crippen molar-refractivity contribution in [2.24, 2.45) is 5.92 Å². The van der Waals surface area contributed by atoms with E-state index in [1.54, 1.807) is 0 Å². The van der Waals surface area contributed by atoms with Crippen LogP contribution in [0.15, 0.2) is 12.2 Å². The molecule has 2 nitrogen and oxygen atoms in total. The zero-order valence-corrected chi connectivity index (χ0v) is 9.16. The van der Waals surface area contributed by atoms with Gasteiger partial charge in [0.1, 0.15) is 5.78 Å². The first-order valence-corrected chi connectivity index (χ1v) is 5.48. The summed E-state index contributed by atoms with van der Waals surface area (Å²) in [6, 6.07) is 0. The fourth-order valence-electron chi connectivity index (χ4n) is 1.39. The van der Waals surface area contributed by atoms with Crippen LogP contribution < -0.4 is 0 Å². The van der Waals surface area contributed by atoms with Gasteiger partial charge in [0.25, 0.3) is 0 Å². The first kappa shape index (κ1) is 11.4. The molecule has 2 heteroatoms. The van der Waals surface area contributed by atoms with Gasteiger partial charge in [0.2, 0.25) is 0 Å². The molecule has 1 rings (SSSR count). The summed E-state index contributed by atoms with van der Waals surface area (Å²) in [5.41, 5.74) is 0. The molecule has 1 heterocycles. The van der Waals surface area contributed by atoms with Gasteiger partial charge in [0.15, 0.2) is 0 Å². The van der Waals surface area contributed by atoms with E-state index in [0.29, 0.717) is 17.8 Å². The number of hydrogen-bond donors (Lipinski definition) is 0. The number of Topliss-reactive ketones (excluding diaryl/α,β-unsaturated/α-hetero) is 1. The van der Waals surface area contributed by atoms with Crippen LogP contribution in [0.4, 0.5) is 0 Å². The molecule has 1 fully saturated rings. The van der Waals surface area contributed by atoms with Gasteiger partial charge in [-0.2, -0.15) is 0 Å². The first-order valence-electron chi connectivity index (χ1n) is 5.48. The molecule has 0 aromatic rings. The Morgan fingerprint density at radius 2 is 2.29 bits per heavy atom. The Labute approximate surface area is 86.3 Å². The maximum atomic E-state index is 11.3. The van der Waals surface area contributed by atoms with Gasteiger partial charge in [-0.15, -0.1) is 0 Å². The SMILES string of the molecule is CC(C)CC(=O)CCC/C=C\[C@H]1CO1. The van der Waals surface area contributed by atoms with E-state index in [4.69, 9.17) is 4.74 Å². The molecule has 0 aliphatic carbocycles. The molecule has 0 aromatic carbocycles. The van der Waals surface area contributed by atoms with Crippen molar-refractivity contribution in [1.29, 1.82) is 0 Å². The minimum absolute atomic E-state index is 0.376. The van der Waals surface area contributed by atoms with Crippen LogP contribution in [0, 0.1) is 5.92 Å². The molecule has 0 N–H and O–H groups in total. The smallest absolute Gasteiger partial charge is 0.133 e. The largest absolute Gasteiger partial charge is 0.369 e. The van der Waals surface area contributed by atoms with Gasteiger partial charge >= 0.3 is 0 Å². The predicted octanol–water partition coefficient (Wildman–Crippen LogP) is 2.73. The second-order valence-electron chi connectivity index (χ2n) is 4.33. The van der Waals surface area contributed by atoms with Crippen LogP contribution in [0.1, 0.15) is 39.5 Å². The average molecular weight is 196 g/mol. The number of carbonyl (C=O) groups is 1. The number of allylic oxidation sites excluding steroid dienone is 1. The van der Waals surface area contributed by atoms with Crippen molar-refractivity contribution in [3.05, 3.63) is 12.2 Å². The molecule has 1 atom stereocenters. The Bertz CT molecular complexity index is 202. The topological polar surface area (TPSA) is 29.6 Å². The Morgan fingerprint density at radius 1 is 1.57 bits per heavy atom. The lowest BCUT2D eigenvalue weighted by molar-refractivity contribution is -0.119. The zero-order valence-electron chi connectivity index (χ0n) is 9.16. The lowest BCUT2D eigenvalue weighted by atomic mass is 10.0. The van der Waals surface area contributed by atoms with E-state index in [1.807, 2.05) is 0 Å².